The minimum Gasteiger partial charge on any atom is -0.458 e. The van der Waals surface area contributed by atoms with Crippen LogP contribution in [0.2, 0.25) is 0 Å². The van der Waals surface area contributed by atoms with Crippen LogP contribution in [-0.2, 0) is 28.6 Å². The molecule has 2 saturated heterocycles. The van der Waals surface area contributed by atoms with Crippen molar-refractivity contribution in [3.63, 3.8) is 0 Å². The summed E-state index contributed by atoms with van der Waals surface area (Å²) in [7, 11) is 1.98. The van der Waals surface area contributed by atoms with Gasteiger partial charge in [-0.25, -0.2) is 9.59 Å². The summed E-state index contributed by atoms with van der Waals surface area (Å²) in [5.41, 5.74) is 2.41. The van der Waals surface area contributed by atoms with Gasteiger partial charge in [-0.05, 0) is 38.1 Å². The summed E-state index contributed by atoms with van der Waals surface area (Å²) < 4.78 is 17.9. The molecule has 6 unspecified atom stereocenters. The predicted octanol–water partition coefficient (Wildman–Crippen LogP) is 5.23. The Hall–Kier alpha value is -3.97. The minimum absolute atomic E-state index is 0.159. The molecular weight excluding hydrogens is 506 g/mol. The van der Waals surface area contributed by atoms with Gasteiger partial charge >= 0.3 is 17.9 Å². The van der Waals surface area contributed by atoms with Gasteiger partial charge in [0.05, 0.1) is 17.5 Å². The first kappa shape index (κ1) is 29.0. The first-order valence-corrected chi connectivity index (χ1v) is 13.6. The molecule has 0 spiro atoms. The van der Waals surface area contributed by atoms with E-state index in [9.17, 15) is 14.4 Å². The summed E-state index contributed by atoms with van der Waals surface area (Å²) in [4.78, 5) is 40.4. The molecular formula is C33H37NO6. The van der Waals surface area contributed by atoms with Crippen LogP contribution in [0.5, 0.6) is 0 Å². The van der Waals surface area contributed by atoms with Gasteiger partial charge in [-0.15, -0.1) is 0 Å². The summed E-state index contributed by atoms with van der Waals surface area (Å²) in [6, 6.07) is 18.5. The summed E-state index contributed by atoms with van der Waals surface area (Å²) in [6.07, 6.45) is 4.75. The molecule has 0 N–H and O–H groups in total. The van der Waals surface area contributed by atoms with Crippen LogP contribution in [0.15, 0.2) is 85.0 Å². The van der Waals surface area contributed by atoms with Crippen LogP contribution >= 0.6 is 0 Å². The second-order valence-electron chi connectivity index (χ2n) is 10.4. The highest BCUT2D eigenvalue weighted by Crippen LogP contribution is 2.44. The minimum atomic E-state index is -0.680. The maximum atomic E-state index is 13.3. The number of likely N-dealkylation sites (N-methyl/N-ethyl adjacent to an activating group) is 1. The van der Waals surface area contributed by atoms with Crippen LogP contribution in [0.3, 0.4) is 0 Å². The van der Waals surface area contributed by atoms with E-state index >= 15 is 0 Å². The quantitative estimate of drug-likeness (QED) is 0.243. The van der Waals surface area contributed by atoms with Gasteiger partial charge in [-0.2, -0.15) is 0 Å². The Bertz CT molecular complexity index is 1280. The molecule has 2 aromatic carbocycles. The Labute approximate surface area is 236 Å². The van der Waals surface area contributed by atoms with E-state index in [4.69, 9.17) is 14.2 Å². The van der Waals surface area contributed by atoms with E-state index < -0.39 is 36.2 Å². The molecule has 6 atom stereocenters. The zero-order valence-electron chi connectivity index (χ0n) is 23.5. The van der Waals surface area contributed by atoms with Gasteiger partial charge in [0.15, 0.2) is 0 Å². The molecule has 4 rings (SSSR count). The molecule has 2 heterocycles. The van der Waals surface area contributed by atoms with Crippen molar-refractivity contribution < 1.29 is 28.6 Å². The Morgan fingerprint density at radius 2 is 1.50 bits per heavy atom. The molecule has 2 aliphatic rings. The van der Waals surface area contributed by atoms with Crippen LogP contribution in [0, 0.1) is 5.92 Å². The molecule has 2 aliphatic heterocycles. The Morgan fingerprint density at radius 3 is 2.12 bits per heavy atom. The monoisotopic (exact) mass is 543 g/mol. The van der Waals surface area contributed by atoms with Gasteiger partial charge in [-0.3, -0.25) is 9.69 Å². The Kier molecular flexibility index (Phi) is 9.38. The molecule has 0 amide bonds. The van der Waals surface area contributed by atoms with Gasteiger partial charge in [0.25, 0.3) is 0 Å². The van der Waals surface area contributed by atoms with E-state index in [1.807, 2.05) is 79.9 Å². The Morgan fingerprint density at radius 1 is 0.900 bits per heavy atom. The van der Waals surface area contributed by atoms with Crippen molar-refractivity contribution in [1.82, 2.24) is 4.90 Å². The fourth-order valence-corrected chi connectivity index (χ4v) is 5.67. The molecule has 40 heavy (non-hydrogen) atoms. The fraction of sp³-hybridized carbons (Fsp3) is 0.364. The number of piperidine rings is 1. The Balaban J connectivity index is 1.67. The average molecular weight is 544 g/mol. The van der Waals surface area contributed by atoms with E-state index in [2.05, 4.69) is 11.5 Å². The number of carbonyl (C=O) groups excluding carboxylic acids is 3. The van der Waals surface area contributed by atoms with Crippen LogP contribution < -0.4 is 0 Å². The standard InChI is InChI=1S/C33H37NO6/c1-6-21(2)32(36)39-29-20-27-31(28(38-23(4)35)18-17-24-13-9-7-10-14-24)30(19-26(29)34(27)5)40-33(37)22(3)25-15-11-8-12-16-25/h6-18,26-31H,3,19-20H2,1-2,4-5H3/b18-17+,21-6-. The normalized spacial score (nSPS) is 25.3. The second-order valence-corrected chi connectivity index (χ2v) is 10.4. The molecule has 7 nitrogen and oxygen atoms in total. The number of ether oxygens (including phenoxy) is 3. The lowest BCUT2D eigenvalue weighted by molar-refractivity contribution is -0.163. The highest BCUT2D eigenvalue weighted by atomic mass is 16.6. The number of hydrogen-bond acceptors (Lipinski definition) is 7. The van der Waals surface area contributed by atoms with Crippen molar-refractivity contribution in [2.45, 2.75) is 64.0 Å². The van der Waals surface area contributed by atoms with E-state index in [-0.39, 0.29) is 23.6 Å². The average Bonchev–Trinajstić information content (AvgIpc) is 3.15. The number of benzene rings is 2. The molecule has 210 valence electrons. The predicted molar refractivity (Wildman–Crippen MR) is 154 cm³/mol. The van der Waals surface area contributed by atoms with Gasteiger partial charge in [0, 0.05) is 31.4 Å². The number of allylic oxidation sites excluding steroid dienone is 1. The zero-order chi connectivity index (χ0) is 28.8. The third kappa shape index (κ3) is 6.59. The first-order chi connectivity index (χ1) is 19.2. The number of carbonyl (C=O) groups is 3. The highest BCUT2D eigenvalue weighted by Gasteiger charge is 2.55. The smallest absolute Gasteiger partial charge is 0.338 e. The summed E-state index contributed by atoms with van der Waals surface area (Å²) >= 11 is 0. The lowest BCUT2D eigenvalue weighted by Crippen LogP contribution is -2.55. The topological polar surface area (TPSA) is 82.1 Å². The number of hydrogen-bond donors (Lipinski definition) is 0. The van der Waals surface area contributed by atoms with Gasteiger partial charge < -0.3 is 14.2 Å². The highest BCUT2D eigenvalue weighted by molar-refractivity contribution is 6.15. The van der Waals surface area contributed by atoms with E-state index in [1.165, 1.54) is 6.92 Å². The van der Waals surface area contributed by atoms with Crippen molar-refractivity contribution in [3.8, 4) is 0 Å². The summed E-state index contributed by atoms with van der Waals surface area (Å²) in [5.74, 6) is -1.73. The second kappa shape index (κ2) is 12.9. The number of fused-ring (bicyclic) bond motifs is 2. The van der Waals surface area contributed by atoms with Crippen molar-refractivity contribution in [3.05, 3.63) is 96.1 Å². The van der Waals surface area contributed by atoms with Crippen LogP contribution in [0.1, 0.15) is 44.7 Å². The van der Waals surface area contributed by atoms with Gasteiger partial charge in [0.1, 0.15) is 18.3 Å². The van der Waals surface area contributed by atoms with Gasteiger partial charge in [-0.1, -0.05) is 79.4 Å². The molecule has 0 aliphatic carbocycles. The largest absolute Gasteiger partial charge is 0.458 e. The summed E-state index contributed by atoms with van der Waals surface area (Å²) in [6.45, 7) is 8.87. The summed E-state index contributed by atoms with van der Waals surface area (Å²) in [5, 5.41) is 0. The molecule has 2 fully saturated rings. The molecule has 2 aromatic rings. The lowest BCUT2D eigenvalue weighted by Gasteiger charge is -2.44. The van der Waals surface area contributed by atoms with E-state index in [0.29, 0.717) is 24.0 Å². The zero-order valence-corrected chi connectivity index (χ0v) is 23.5. The third-order valence-corrected chi connectivity index (χ3v) is 7.90. The number of nitrogens with zero attached hydrogens (tertiary/aromatic N) is 1. The van der Waals surface area contributed by atoms with E-state index in [1.54, 1.807) is 19.9 Å². The molecule has 2 bridgehead atoms. The molecule has 7 heteroatoms. The number of rotatable bonds is 9. The van der Waals surface area contributed by atoms with Crippen molar-refractivity contribution in [1.29, 1.82) is 0 Å². The lowest BCUT2D eigenvalue weighted by atomic mass is 9.82. The van der Waals surface area contributed by atoms with Crippen LogP contribution in [0.4, 0.5) is 0 Å². The van der Waals surface area contributed by atoms with E-state index in [0.717, 1.165) is 5.56 Å². The molecule has 0 aromatic heterocycles. The first-order valence-electron chi connectivity index (χ1n) is 13.6. The van der Waals surface area contributed by atoms with Crippen molar-refractivity contribution >= 4 is 29.6 Å². The van der Waals surface area contributed by atoms with Crippen LogP contribution in [-0.4, -0.2) is 60.3 Å². The van der Waals surface area contributed by atoms with Crippen molar-refractivity contribution in [2.75, 3.05) is 7.05 Å². The number of esters is 3. The van der Waals surface area contributed by atoms with Crippen molar-refractivity contribution in [2.24, 2.45) is 5.92 Å². The molecule has 0 radical (unpaired) electrons. The third-order valence-electron chi connectivity index (χ3n) is 7.90. The maximum Gasteiger partial charge on any atom is 0.338 e. The van der Waals surface area contributed by atoms with Gasteiger partial charge in [0.2, 0.25) is 0 Å². The SMILES string of the molecule is C=C(C(=O)OC1CC2C(OC(=O)/C(C)=C\C)CC(C1C(/C=C/c1ccccc1)OC(C)=O)N2C)c1ccccc1. The molecule has 0 saturated carbocycles. The maximum absolute atomic E-state index is 13.3. The van der Waals surface area contributed by atoms with Crippen LogP contribution in [0.25, 0.3) is 11.6 Å². The fourth-order valence-electron chi connectivity index (χ4n) is 5.67.